The number of aliphatic hydroxyl groups excluding tert-OH is 1. The molecule has 0 aliphatic rings. The van der Waals surface area contributed by atoms with Crippen LogP contribution in [0.3, 0.4) is 0 Å². The van der Waals surface area contributed by atoms with Crippen LogP contribution in [0.15, 0.2) is 5.10 Å². The zero-order valence-corrected chi connectivity index (χ0v) is 34.0. The van der Waals surface area contributed by atoms with Gasteiger partial charge in [0.1, 0.15) is 12.1 Å². The number of rotatable bonds is 24. The first-order chi connectivity index (χ1) is 22.7. The minimum atomic E-state index is -1.01. The lowest BCUT2D eigenvalue weighted by Crippen LogP contribution is -2.55. The molecule has 1 unspecified atom stereocenters. The monoisotopic (exact) mass is 713 g/mol. The van der Waals surface area contributed by atoms with E-state index in [0.717, 1.165) is 12.1 Å². The Balaban J connectivity index is 5.91. The lowest BCUT2D eigenvalue weighted by molar-refractivity contribution is -0.134. The molecule has 0 spiro atoms. The third kappa shape index (κ3) is 18.5. The molecule has 0 aliphatic heterocycles. The Morgan fingerprint density at radius 3 is 1.86 bits per heavy atom. The molecular weight excluding hydrogens is 641 g/mol. The molecule has 286 valence electrons. The number of hydrogen-bond acceptors (Lipinski definition) is 8. The fourth-order valence-electron chi connectivity index (χ4n) is 5.35. The number of nitrogens with one attached hydrogen (secondary N) is 4. The summed E-state index contributed by atoms with van der Waals surface area (Å²) in [6.07, 6.45) is 2.85. The normalized spacial score (nSPS) is 16.0. The number of thioether (sulfide) groups is 1. The summed E-state index contributed by atoms with van der Waals surface area (Å²) < 4.78 is 0. The number of nitrogens with zero attached hydrogens (tertiary/aromatic N) is 2. The van der Waals surface area contributed by atoms with E-state index in [1.165, 1.54) is 0 Å². The van der Waals surface area contributed by atoms with E-state index in [0.29, 0.717) is 31.7 Å². The standard InChI is InChI=1S/C37H72N6O5S/c1-15-28(13)43(42-26(10)11)21-29(24(6)7)35(46)39-30(16-17-49-14)36(47)40-31(18-22(2)3)32(44)19-27(12)34(45)41-33(25(8)9)37(48)38-20-23(4)5/h22-25,27-33,44H,15-21H2,1-14H3,(H,38,48)(H,39,46)(H,40,47)(H,41,45)/t27-,28?,29+,30+,31+,32+,33+/m1/s1. The average Bonchev–Trinajstić information content (AvgIpc) is 3.00. The molecule has 5 N–H and O–H groups in total. The van der Waals surface area contributed by atoms with E-state index in [9.17, 15) is 24.3 Å². The van der Waals surface area contributed by atoms with Crippen molar-refractivity contribution in [2.45, 2.75) is 146 Å². The lowest BCUT2D eigenvalue weighted by atomic mass is 9.91. The molecule has 0 aliphatic carbocycles. The van der Waals surface area contributed by atoms with E-state index < -0.39 is 30.1 Å². The minimum absolute atomic E-state index is 0.0166. The molecule has 0 radical (unpaired) electrons. The highest BCUT2D eigenvalue weighted by Gasteiger charge is 2.33. The van der Waals surface area contributed by atoms with E-state index in [1.807, 2.05) is 80.5 Å². The fourth-order valence-corrected chi connectivity index (χ4v) is 5.82. The van der Waals surface area contributed by atoms with Gasteiger partial charge in [-0.25, -0.2) is 0 Å². The number of hydrogen-bond donors (Lipinski definition) is 5. The van der Waals surface area contributed by atoms with Crippen LogP contribution in [0.2, 0.25) is 0 Å². The van der Waals surface area contributed by atoms with Crippen LogP contribution in [-0.4, -0.2) is 94.8 Å². The molecule has 0 aromatic carbocycles. The second kappa shape index (κ2) is 24.0. The van der Waals surface area contributed by atoms with Crippen molar-refractivity contribution in [2.75, 3.05) is 25.1 Å². The molecule has 0 aromatic heterocycles. The first kappa shape index (κ1) is 46.7. The summed E-state index contributed by atoms with van der Waals surface area (Å²) in [4.78, 5) is 53.6. The quantitative estimate of drug-likeness (QED) is 0.0711. The number of carbonyl (C=O) groups excluding carboxylic acids is 4. The van der Waals surface area contributed by atoms with Gasteiger partial charge in [-0.3, -0.25) is 24.2 Å². The zero-order valence-electron chi connectivity index (χ0n) is 33.2. The van der Waals surface area contributed by atoms with E-state index in [2.05, 4.69) is 35.1 Å². The number of aliphatic hydroxyl groups is 1. The third-order valence-corrected chi connectivity index (χ3v) is 9.33. The van der Waals surface area contributed by atoms with Crippen molar-refractivity contribution >= 4 is 41.1 Å². The van der Waals surface area contributed by atoms with Gasteiger partial charge in [0.2, 0.25) is 23.6 Å². The van der Waals surface area contributed by atoms with Gasteiger partial charge in [0, 0.05) is 30.8 Å². The van der Waals surface area contributed by atoms with Gasteiger partial charge in [0.15, 0.2) is 0 Å². The van der Waals surface area contributed by atoms with Gasteiger partial charge in [0.25, 0.3) is 0 Å². The molecule has 49 heavy (non-hydrogen) atoms. The SMILES string of the molecule is CCC(C)N(C[C@H](C(=O)N[C@@H](CCSC)C(=O)N[C@@H](CC(C)C)[C@@H](O)C[C@@H](C)C(=O)N[C@H](C(=O)NCC(C)C)C(C)C)C(C)C)N=C(C)C. The zero-order chi connectivity index (χ0) is 38.0. The van der Waals surface area contributed by atoms with Crippen molar-refractivity contribution in [3.8, 4) is 0 Å². The van der Waals surface area contributed by atoms with Gasteiger partial charge in [0.05, 0.1) is 18.1 Å². The van der Waals surface area contributed by atoms with Crippen molar-refractivity contribution in [1.29, 1.82) is 0 Å². The van der Waals surface area contributed by atoms with Gasteiger partial charge in [-0.2, -0.15) is 16.9 Å². The lowest BCUT2D eigenvalue weighted by Gasteiger charge is -2.33. The third-order valence-electron chi connectivity index (χ3n) is 8.69. The summed E-state index contributed by atoms with van der Waals surface area (Å²) in [6.45, 7) is 26.5. The van der Waals surface area contributed by atoms with E-state index in [1.54, 1.807) is 18.7 Å². The predicted molar refractivity (Wildman–Crippen MR) is 204 cm³/mol. The van der Waals surface area contributed by atoms with Gasteiger partial charge in [-0.1, -0.05) is 69.2 Å². The van der Waals surface area contributed by atoms with Gasteiger partial charge in [-0.05, 0) is 82.1 Å². The summed E-state index contributed by atoms with van der Waals surface area (Å²) in [7, 11) is 0. The van der Waals surface area contributed by atoms with Crippen molar-refractivity contribution in [1.82, 2.24) is 26.3 Å². The molecule has 0 aromatic rings. The van der Waals surface area contributed by atoms with Crippen LogP contribution in [0.1, 0.15) is 116 Å². The average molecular weight is 713 g/mol. The smallest absolute Gasteiger partial charge is 0.242 e. The Morgan fingerprint density at radius 1 is 0.776 bits per heavy atom. The molecule has 0 saturated carbocycles. The largest absolute Gasteiger partial charge is 0.391 e. The van der Waals surface area contributed by atoms with Crippen molar-refractivity contribution in [3.05, 3.63) is 0 Å². The number of hydrazone groups is 1. The maximum absolute atomic E-state index is 13.8. The van der Waals surface area contributed by atoms with E-state index >= 15 is 0 Å². The van der Waals surface area contributed by atoms with Crippen LogP contribution < -0.4 is 21.3 Å². The minimum Gasteiger partial charge on any atom is -0.391 e. The highest BCUT2D eigenvalue weighted by molar-refractivity contribution is 7.98. The number of carbonyl (C=O) groups is 4. The molecule has 0 bridgehead atoms. The summed E-state index contributed by atoms with van der Waals surface area (Å²) in [5.41, 5.74) is 0.911. The second-order valence-corrected chi connectivity index (χ2v) is 16.4. The first-order valence-electron chi connectivity index (χ1n) is 18.4. The number of amides is 4. The Labute approximate surface area is 302 Å². The summed E-state index contributed by atoms with van der Waals surface area (Å²) in [5, 5.41) is 29.9. The molecule has 0 fully saturated rings. The maximum Gasteiger partial charge on any atom is 0.242 e. The topological polar surface area (TPSA) is 152 Å². The molecule has 0 rings (SSSR count). The van der Waals surface area contributed by atoms with Crippen LogP contribution >= 0.6 is 11.8 Å². The van der Waals surface area contributed by atoms with Crippen molar-refractivity contribution in [3.63, 3.8) is 0 Å². The summed E-state index contributed by atoms with van der Waals surface area (Å²) in [5.74, 6) is -1.11. The first-order valence-corrected chi connectivity index (χ1v) is 19.8. The van der Waals surface area contributed by atoms with E-state index in [-0.39, 0.29) is 65.7 Å². The summed E-state index contributed by atoms with van der Waals surface area (Å²) >= 11 is 1.59. The summed E-state index contributed by atoms with van der Waals surface area (Å²) in [6, 6.07) is -1.95. The van der Waals surface area contributed by atoms with Crippen LogP contribution in [0.5, 0.6) is 0 Å². The molecular formula is C37H72N6O5S. The van der Waals surface area contributed by atoms with Crippen LogP contribution in [0.25, 0.3) is 0 Å². The van der Waals surface area contributed by atoms with Crippen molar-refractivity contribution in [2.24, 2.45) is 40.6 Å². The Bertz CT molecular complexity index is 1030. The Morgan fingerprint density at radius 2 is 1.39 bits per heavy atom. The molecule has 0 heterocycles. The Hall–Kier alpha value is -2.34. The van der Waals surface area contributed by atoms with Gasteiger partial charge in [-0.15, -0.1) is 0 Å². The molecule has 12 heteroatoms. The molecule has 11 nitrogen and oxygen atoms in total. The predicted octanol–water partition coefficient (Wildman–Crippen LogP) is 4.82. The Kier molecular flexibility index (Phi) is 22.8. The highest BCUT2D eigenvalue weighted by Crippen LogP contribution is 2.19. The highest BCUT2D eigenvalue weighted by atomic mass is 32.2. The maximum atomic E-state index is 13.8. The second-order valence-electron chi connectivity index (χ2n) is 15.4. The van der Waals surface area contributed by atoms with Crippen LogP contribution in [0, 0.1) is 35.5 Å². The fraction of sp³-hybridized carbons (Fsp3) is 0.865. The van der Waals surface area contributed by atoms with Gasteiger partial charge >= 0.3 is 0 Å². The molecule has 0 saturated heterocycles. The van der Waals surface area contributed by atoms with Crippen LogP contribution in [-0.2, 0) is 19.2 Å². The van der Waals surface area contributed by atoms with E-state index in [4.69, 9.17) is 5.10 Å². The van der Waals surface area contributed by atoms with Crippen molar-refractivity contribution < 1.29 is 24.3 Å². The van der Waals surface area contributed by atoms with Gasteiger partial charge < -0.3 is 26.4 Å². The van der Waals surface area contributed by atoms with Crippen LogP contribution in [0.4, 0.5) is 0 Å². The molecule has 4 amide bonds. The molecule has 7 atom stereocenters.